The zero-order chi connectivity index (χ0) is 25.5. The van der Waals surface area contributed by atoms with Crippen LogP contribution in [-0.4, -0.2) is 60.7 Å². The lowest BCUT2D eigenvalue weighted by Gasteiger charge is -2.56. The molecule has 2 N–H and O–H groups in total. The number of methoxy groups -OCH3 is 2. The van der Waals surface area contributed by atoms with Crippen LogP contribution in [0, 0.1) is 24.7 Å². The van der Waals surface area contributed by atoms with E-state index < -0.39 is 0 Å². The van der Waals surface area contributed by atoms with Gasteiger partial charge in [-0.05, 0) is 95.7 Å². The largest absolute Gasteiger partial charge is 0.504 e. The number of aromatic hydroxyl groups is 1. The number of rotatable bonds is 6. The molecule has 5 nitrogen and oxygen atoms in total. The number of phenolic OH excluding ortho intramolecular Hbond substituents is 1. The zero-order valence-electron chi connectivity index (χ0n) is 22.2. The van der Waals surface area contributed by atoms with Crippen LogP contribution in [0.3, 0.4) is 0 Å². The number of aliphatic hydroxyl groups is 1. The molecule has 1 aromatic carbocycles. The van der Waals surface area contributed by atoms with Crippen LogP contribution in [0.1, 0.15) is 77.3 Å². The second-order valence-electron chi connectivity index (χ2n) is 10.4. The van der Waals surface area contributed by atoms with Crippen molar-refractivity contribution in [1.29, 1.82) is 0 Å². The first kappa shape index (κ1) is 28.5. The van der Waals surface area contributed by atoms with E-state index in [2.05, 4.69) is 37.7 Å². The van der Waals surface area contributed by atoms with Gasteiger partial charge >= 0.3 is 0 Å². The van der Waals surface area contributed by atoms with Crippen LogP contribution in [0.4, 0.5) is 0 Å². The number of ether oxygens (including phenoxy) is 2. The predicted molar refractivity (Wildman–Crippen MR) is 139 cm³/mol. The van der Waals surface area contributed by atoms with Gasteiger partial charge in [-0.25, -0.2) is 0 Å². The molecule has 1 heterocycles. The van der Waals surface area contributed by atoms with Crippen molar-refractivity contribution in [3.63, 3.8) is 0 Å². The Morgan fingerprint density at radius 1 is 1.15 bits per heavy atom. The topological polar surface area (TPSA) is 62.2 Å². The van der Waals surface area contributed by atoms with E-state index in [0.29, 0.717) is 17.7 Å². The summed E-state index contributed by atoms with van der Waals surface area (Å²) in [4.78, 5) is 2.74. The van der Waals surface area contributed by atoms with E-state index in [1.54, 1.807) is 27.0 Å². The number of aryl methyl sites for hydroxylation is 1. The van der Waals surface area contributed by atoms with E-state index in [0.717, 1.165) is 38.1 Å². The average molecular weight is 474 g/mol. The number of terminal acetylenes is 1. The summed E-state index contributed by atoms with van der Waals surface area (Å²) < 4.78 is 11.7. The van der Waals surface area contributed by atoms with Crippen molar-refractivity contribution in [2.75, 3.05) is 27.3 Å². The molecule has 4 unspecified atom stereocenters. The monoisotopic (exact) mass is 473 g/mol. The van der Waals surface area contributed by atoms with E-state index >= 15 is 0 Å². The molecule has 1 saturated heterocycles. The van der Waals surface area contributed by atoms with Crippen LogP contribution in [0.25, 0.3) is 0 Å². The van der Waals surface area contributed by atoms with Crippen molar-refractivity contribution in [1.82, 2.24) is 4.90 Å². The summed E-state index contributed by atoms with van der Waals surface area (Å²) in [6.45, 7) is 10.5. The van der Waals surface area contributed by atoms with E-state index in [1.165, 1.54) is 36.9 Å². The van der Waals surface area contributed by atoms with Gasteiger partial charge in [0.2, 0.25) is 0 Å². The summed E-state index contributed by atoms with van der Waals surface area (Å²) in [6, 6.07) is 4.47. The molecule has 0 radical (unpaired) electrons. The Kier molecular flexibility index (Phi) is 10.7. The van der Waals surface area contributed by atoms with Gasteiger partial charge in [-0.15, -0.1) is 12.8 Å². The summed E-state index contributed by atoms with van der Waals surface area (Å²) in [5, 5.41) is 18.7. The highest BCUT2D eigenvalue weighted by atomic mass is 16.5. The Morgan fingerprint density at radius 2 is 1.79 bits per heavy atom. The lowest BCUT2D eigenvalue weighted by molar-refractivity contribution is -0.0493. The van der Waals surface area contributed by atoms with E-state index in [-0.39, 0.29) is 23.4 Å². The number of likely N-dealkylation sites (tertiary alicyclic amines) is 1. The lowest BCUT2D eigenvalue weighted by Crippen LogP contribution is -2.58. The van der Waals surface area contributed by atoms with Crippen LogP contribution < -0.4 is 4.74 Å². The summed E-state index contributed by atoms with van der Waals surface area (Å²) in [5.41, 5.74) is 2.61. The molecule has 34 heavy (non-hydrogen) atoms. The third kappa shape index (κ3) is 6.27. The van der Waals surface area contributed by atoms with E-state index in [9.17, 15) is 5.11 Å². The number of aliphatic hydroxyl groups excluding tert-OH is 1. The Balaban J connectivity index is 0.000000618. The number of nitrogens with zero attached hydrogens (tertiary/aromatic N) is 1. The molecule has 0 aromatic heterocycles. The minimum atomic E-state index is -0.167. The molecule has 3 aliphatic rings. The number of piperidine rings is 1. The molecule has 4 rings (SSSR count). The van der Waals surface area contributed by atoms with Crippen LogP contribution in [0.15, 0.2) is 12.1 Å². The van der Waals surface area contributed by atoms with Crippen LogP contribution >= 0.6 is 0 Å². The zero-order valence-corrected chi connectivity index (χ0v) is 22.2. The lowest BCUT2D eigenvalue weighted by atomic mass is 9.55. The molecule has 0 amide bonds. The molecule has 0 spiro atoms. The predicted octanol–water partition coefficient (Wildman–Crippen LogP) is 5.16. The van der Waals surface area contributed by atoms with Crippen molar-refractivity contribution < 1.29 is 19.7 Å². The fourth-order valence-corrected chi connectivity index (χ4v) is 6.26. The normalized spacial score (nSPS) is 28.7. The first-order chi connectivity index (χ1) is 16.3. The SMILES string of the molecule is C#C.CC(C)O.CCc1ccc(O)c(OC)c1C12CCN(CC3CC3)C(C)C1CCC(OC)C2. The summed E-state index contributed by atoms with van der Waals surface area (Å²) >= 11 is 0. The number of phenols is 1. The smallest absolute Gasteiger partial charge is 0.164 e. The molecule has 192 valence electrons. The minimum absolute atomic E-state index is 0.0216. The molecule has 5 heteroatoms. The number of benzene rings is 1. The van der Waals surface area contributed by atoms with Crippen molar-refractivity contribution >= 4 is 0 Å². The Labute approximate surface area is 207 Å². The van der Waals surface area contributed by atoms with Gasteiger partial charge in [0.25, 0.3) is 0 Å². The molecular weight excluding hydrogens is 426 g/mol. The van der Waals surface area contributed by atoms with Crippen molar-refractivity contribution in [2.45, 2.75) is 96.3 Å². The number of fused-ring (bicyclic) bond motifs is 1. The van der Waals surface area contributed by atoms with Gasteiger partial charge in [-0.2, -0.15) is 0 Å². The Bertz CT molecular complexity index is 785. The van der Waals surface area contributed by atoms with Gasteiger partial charge in [-0.1, -0.05) is 13.0 Å². The summed E-state index contributed by atoms with van der Waals surface area (Å²) in [5.74, 6) is 2.47. The van der Waals surface area contributed by atoms with Gasteiger partial charge in [-0.3, -0.25) is 0 Å². The molecule has 2 aliphatic carbocycles. The maximum atomic E-state index is 10.6. The van der Waals surface area contributed by atoms with E-state index in [4.69, 9.17) is 14.6 Å². The highest BCUT2D eigenvalue weighted by Crippen LogP contribution is 2.56. The fourth-order valence-electron chi connectivity index (χ4n) is 6.26. The number of hydrogen-bond acceptors (Lipinski definition) is 5. The van der Waals surface area contributed by atoms with Gasteiger partial charge in [0, 0.05) is 36.8 Å². The molecule has 3 fully saturated rings. The fraction of sp³-hybridized carbons (Fsp3) is 0.724. The summed E-state index contributed by atoms with van der Waals surface area (Å²) in [6.07, 6.45) is 16.4. The van der Waals surface area contributed by atoms with E-state index in [1.807, 2.05) is 7.11 Å². The van der Waals surface area contributed by atoms with Gasteiger partial charge in [0.15, 0.2) is 11.5 Å². The van der Waals surface area contributed by atoms with Gasteiger partial charge < -0.3 is 24.6 Å². The molecule has 1 aromatic rings. The van der Waals surface area contributed by atoms with Crippen LogP contribution in [-0.2, 0) is 16.6 Å². The highest BCUT2D eigenvalue weighted by molar-refractivity contribution is 5.55. The standard InChI is InChI=1S/C24H37NO3.C3H8O.C2H2/c1-5-18-8-11-21(26)23(28-4)22(18)24-12-13-25(15-17-6-7-17)16(2)20(24)10-9-19(14-24)27-3;1-3(2)4;1-2/h8,11,16-17,19-20,26H,5-7,9-10,12-15H2,1-4H3;3-4H,1-2H3;1-2H. The number of hydrogen-bond donors (Lipinski definition) is 2. The van der Waals surface area contributed by atoms with Crippen LogP contribution in [0.2, 0.25) is 0 Å². The molecular formula is C29H47NO4. The molecule has 0 bridgehead atoms. The summed E-state index contributed by atoms with van der Waals surface area (Å²) in [7, 11) is 3.55. The van der Waals surface area contributed by atoms with Crippen molar-refractivity contribution in [3.8, 4) is 24.3 Å². The maximum absolute atomic E-state index is 10.6. The third-order valence-corrected chi connectivity index (χ3v) is 7.93. The quantitative estimate of drug-likeness (QED) is 0.559. The maximum Gasteiger partial charge on any atom is 0.164 e. The Morgan fingerprint density at radius 3 is 2.32 bits per heavy atom. The van der Waals surface area contributed by atoms with Crippen LogP contribution in [0.5, 0.6) is 11.5 Å². The minimum Gasteiger partial charge on any atom is -0.504 e. The first-order valence-electron chi connectivity index (χ1n) is 12.9. The van der Waals surface area contributed by atoms with Gasteiger partial charge in [0.1, 0.15) is 0 Å². The van der Waals surface area contributed by atoms with Crippen molar-refractivity contribution in [3.05, 3.63) is 23.3 Å². The first-order valence-corrected chi connectivity index (χ1v) is 12.9. The average Bonchev–Trinajstić information content (AvgIpc) is 3.65. The third-order valence-electron chi connectivity index (χ3n) is 7.93. The molecule has 4 atom stereocenters. The highest BCUT2D eigenvalue weighted by Gasteiger charge is 2.53. The molecule has 2 saturated carbocycles. The van der Waals surface area contributed by atoms with Crippen molar-refractivity contribution in [2.24, 2.45) is 11.8 Å². The second kappa shape index (κ2) is 12.8. The van der Waals surface area contributed by atoms with Gasteiger partial charge in [0.05, 0.1) is 13.2 Å². The Hall–Kier alpha value is -1.74. The second-order valence-corrected chi connectivity index (χ2v) is 10.4. The molecule has 1 aliphatic heterocycles.